The smallest absolute Gasteiger partial charge is 0.0950 e. The van der Waals surface area contributed by atoms with Crippen molar-refractivity contribution in [1.82, 2.24) is 0 Å². The standard InChI is InChI=1S/C16H15NO/c17-16(14-8-9-18-11-14)10-13-6-3-5-12-4-1-2-7-15(12)13/h1-9,11,16H,10,17H2. The van der Waals surface area contributed by atoms with E-state index in [0.29, 0.717) is 0 Å². The molecule has 0 saturated heterocycles. The van der Waals surface area contributed by atoms with Gasteiger partial charge >= 0.3 is 0 Å². The van der Waals surface area contributed by atoms with Crippen LogP contribution in [0.4, 0.5) is 0 Å². The maximum Gasteiger partial charge on any atom is 0.0950 e. The van der Waals surface area contributed by atoms with Crippen LogP contribution in [-0.2, 0) is 6.42 Å². The Kier molecular flexibility index (Phi) is 2.87. The number of fused-ring (bicyclic) bond motifs is 1. The molecule has 1 heterocycles. The third kappa shape index (κ3) is 2.03. The lowest BCUT2D eigenvalue weighted by molar-refractivity contribution is 0.558. The van der Waals surface area contributed by atoms with Crippen molar-refractivity contribution in [2.45, 2.75) is 12.5 Å². The summed E-state index contributed by atoms with van der Waals surface area (Å²) in [5.74, 6) is 0. The van der Waals surface area contributed by atoms with Gasteiger partial charge < -0.3 is 10.2 Å². The van der Waals surface area contributed by atoms with E-state index >= 15 is 0 Å². The second-order valence-electron chi connectivity index (χ2n) is 4.51. The molecule has 2 heteroatoms. The molecule has 2 aromatic carbocycles. The monoisotopic (exact) mass is 237 g/mol. The van der Waals surface area contributed by atoms with E-state index < -0.39 is 0 Å². The minimum Gasteiger partial charge on any atom is -0.472 e. The van der Waals surface area contributed by atoms with Crippen LogP contribution in [0.15, 0.2) is 65.5 Å². The molecule has 0 aliphatic carbocycles. The van der Waals surface area contributed by atoms with E-state index in [1.54, 1.807) is 12.5 Å². The summed E-state index contributed by atoms with van der Waals surface area (Å²) in [7, 11) is 0. The van der Waals surface area contributed by atoms with Crippen molar-refractivity contribution in [1.29, 1.82) is 0 Å². The second kappa shape index (κ2) is 4.67. The van der Waals surface area contributed by atoms with Crippen molar-refractivity contribution in [3.8, 4) is 0 Å². The Morgan fingerprint density at radius 2 is 1.83 bits per heavy atom. The highest BCUT2D eigenvalue weighted by Gasteiger charge is 2.10. The van der Waals surface area contributed by atoms with Crippen molar-refractivity contribution in [3.05, 3.63) is 72.2 Å². The van der Waals surface area contributed by atoms with Crippen molar-refractivity contribution < 1.29 is 4.42 Å². The Hall–Kier alpha value is -2.06. The van der Waals surface area contributed by atoms with Crippen LogP contribution in [0, 0.1) is 0 Å². The Morgan fingerprint density at radius 1 is 1.00 bits per heavy atom. The lowest BCUT2D eigenvalue weighted by atomic mass is 9.97. The topological polar surface area (TPSA) is 39.2 Å². The lowest BCUT2D eigenvalue weighted by Gasteiger charge is -2.11. The molecular weight excluding hydrogens is 222 g/mol. The predicted molar refractivity (Wildman–Crippen MR) is 73.3 cm³/mol. The van der Waals surface area contributed by atoms with Crippen LogP contribution >= 0.6 is 0 Å². The Bertz CT molecular complexity index is 638. The van der Waals surface area contributed by atoms with Crippen LogP contribution < -0.4 is 5.73 Å². The van der Waals surface area contributed by atoms with Crippen LogP contribution in [-0.4, -0.2) is 0 Å². The highest BCUT2D eigenvalue weighted by Crippen LogP contribution is 2.23. The van der Waals surface area contributed by atoms with Gasteiger partial charge in [0.25, 0.3) is 0 Å². The first-order valence-electron chi connectivity index (χ1n) is 6.09. The molecule has 18 heavy (non-hydrogen) atoms. The van der Waals surface area contributed by atoms with E-state index in [-0.39, 0.29) is 6.04 Å². The first kappa shape index (κ1) is 11.1. The highest BCUT2D eigenvalue weighted by molar-refractivity contribution is 5.85. The van der Waals surface area contributed by atoms with Gasteiger partial charge in [-0.1, -0.05) is 42.5 Å². The number of hydrogen-bond acceptors (Lipinski definition) is 2. The highest BCUT2D eigenvalue weighted by atomic mass is 16.3. The average molecular weight is 237 g/mol. The number of rotatable bonds is 3. The minimum absolute atomic E-state index is 0.0189. The van der Waals surface area contributed by atoms with Crippen molar-refractivity contribution in [2.75, 3.05) is 0 Å². The summed E-state index contributed by atoms with van der Waals surface area (Å²) < 4.78 is 5.08. The average Bonchev–Trinajstić information content (AvgIpc) is 2.93. The fourth-order valence-corrected chi connectivity index (χ4v) is 2.31. The minimum atomic E-state index is -0.0189. The molecule has 0 radical (unpaired) electrons. The molecule has 0 aliphatic rings. The normalized spacial score (nSPS) is 12.7. The van der Waals surface area contributed by atoms with Crippen molar-refractivity contribution >= 4 is 10.8 Å². The Balaban J connectivity index is 1.95. The SMILES string of the molecule is NC(Cc1cccc2ccccc12)c1ccoc1. The maximum absolute atomic E-state index is 6.20. The third-order valence-corrected chi connectivity index (χ3v) is 3.29. The van der Waals surface area contributed by atoms with Gasteiger partial charge in [0.15, 0.2) is 0 Å². The third-order valence-electron chi connectivity index (χ3n) is 3.29. The summed E-state index contributed by atoms with van der Waals surface area (Å²) in [6, 6.07) is 16.7. The molecule has 0 amide bonds. The van der Waals surface area contributed by atoms with Crippen LogP contribution in [0.1, 0.15) is 17.2 Å². The Morgan fingerprint density at radius 3 is 2.67 bits per heavy atom. The van der Waals surface area contributed by atoms with Gasteiger partial charge in [-0.3, -0.25) is 0 Å². The largest absolute Gasteiger partial charge is 0.472 e. The fraction of sp³-hybridized carbons (Fsp3) is 0.125. The molecule has 3 aromatic rings. The molecule has 0 bridgehead atoms. The number of hydrogen-bond donors (Lipinski definition) is 1. The van der Waals surface area contributed by atoms with E-state index in [9.17, 15) is 0 Å². The second-order valence-corrected chi connectivity index (χ2v) is 4.51. The van der Waals surface area contributed by atoms with Crippen LogP contribution in [0.3, 0.4) is 0 Å². The van der Waals surface area contributed by atoms with Gasteiger partial charge in [0.05, 0.1) is 12.5 Å². The van der Waals surface area contributed by atoms with Gasteiger partial charge in [0.1, 0.15) is 0 Å². The number of benzene rings is 2. The van der Waals surface area contributed by atoms with E-state index in [0.717, 1.165) is 12.0 Å². The van der Waals surface area contributed by atoms with Crippen LogP contribution in [0.2, 0.25) is 0 Å². The maximum atomic E-state index is 6.20. The van der Waals surface area contributed by atoms with Gasteiger partial charge in [-0.2, -0.15) is 0 Å². The van der Waals surface area contributed by atoms with E-state index in [2.05, 4.69) is 42.5 Å². The lowest BCUT2D eigenvalue weighted by Crippen LogP contribution is -2.12. The molecule has 3 rings (SSSR count). The fourth-order valence-electron chi connectivity index (χ4n) is 2.31. The molecule has 1 unspecified atom stereocenters. The van der Waals surface area contributed by atoms with Crippen LogP contribution in [0.25, 0.3) is 10.8 Å². The zero-order valence-electron chi connectivity index (χ0n) is 10.0. The van der Waals surface area contributed by atoms with E-state index in [1.165, 1.54) is 16.3 Å². The van der Waals surface area contributed by atoms with Crippen molar-refractivity contribution in [2.24, 2.45) is 5.73 Å². The number of furan rings is 1. The zero-order chi connectivity index (χ0) is 12.4. The summed E-state index contributed by atoms with van der Waals surface area (Å²) in [6.45, 7) is 0. The molecule has 1 aromatic heterocycles. The summed E-state index contributed by atoms with van der Waals surface area (Å²) in [5, 5.41) is 2.54. The molecule has 0 fully saturated rings. The first-order valence-corrected chi connectivity index (χ1v) is 6.09. The van der Waals surface area contributed by atoms with E-state index in [4.69, 9.17) is 10.2 Å². The predicted octanol–water partition coefficient (Wildman–Crippen LogP) is 3.68. The molecule has 0 aliphatic heterocycles. The van der Waals surface area contributed by atoms with Gasteiger partial charge in [0.2, 0.25) is 0 Å². The molecule has 0 saturated carbocycles. The Labute approximate surface area is 106 Å². The molecule has 2 nitrogen and oxygen atoms in total. The molecule has 90 valence electrons. The number of nitrogens with two attached hydrogens (primary N) is 1. The summed E-state index contributed by atoms with van der Waals surface area (Å²) in [5.41, 5.74) is 8.53. The summed E-state index contributed by atoms with van der Waals surface area (Å²) >= 11 is 0. The van der Waals surface area contributed by atoms with E-state index in [1.807, 2.05) is 6.07 Å². The van der Waals surface area contributed by atoms with Gasteiger partial charge in [-0.05, 0) is 28.8 Å². The molecule has 2 N–H and O–H groups in total. The van der Waals surface area contributed by atoms with Gasteiger partial charge in [0, 0.05) is 11.6 Å². The first-order chi connectivity index (χ1) is 8.84. The quantitative estimate of drug-likeness (QED) is 0.754. The van der Waals surface area contributed by atoms with Crippen LogP contribution in [0.5, 0.6) is 0 Å². The summed E-state index contributed by atoms with van der Waals surface area (Å²) in [6.07, 6.45) is 4.20. The molecular formula is C16H15NO. The zero-order valence-corrected chi connectivity index (χ0v) is 10.0. The summed E-state index contributed by atoms with van der Waals surface area (Å²) in [4.78, 5) is 0. The van der Waals surface area contributed by atoms with Gasteiger partial charge in [-0.25, -0.2) is 0 Å². The molecule has 0 spiro atoms. The van der Waals surface area contributed by atoms with Crippen molar-refractivity contribution in [3.63, 3.8) is 0 Å². The van der Waals surface area contributed by atoms with Gasteiger partial charge in [-0.15, -0.1) is 0 Å². The molecule has 1 atom stereocenters.